The molecule has 1 amide bonds. The van der Waals surface area contributed by atoms with Crippen LogP contribution in [0.2, 0.25) is 0 Å². The summed E-state index contributed by atoms with van der Waals surface area (Å²) in [6.07, 6.45) is 4.52. The first-order valence-corrected chi connectivity index (χ1v) is 10.6. The molecule has 0 aliphatic carbocycles. The van der Waals surface area contributed by atoms with Crippen molar-refractivity contribution in [1.82, 2.24) is 0 Å². The Hall–Kier alpha value is -3.27. The SMILES string of the molecule is CCCCCCOc1ccccc1C(=O)Nc1cccc(OCc2ccccc2)c1. The predicted octanol–water partition coefficient (Wildman–Crippen LogP) is 6.48. The summed E-state index contributed by atoms with van der Waals surface area (Å²) in [5, 5.41) is 2.95. The van der Waals surface area contributed by atoms with E-state index in [0.29, 0.717) is 36.0 Å². The minimum Gasteiger partial charge on any atom is -0.493 e. The summed E-state index contributed by atoms with van der Waals surface area (Å²) in [7, 11) is 0. The molecule has 0 aromatic heterocycles. The fourth-order valence-corrected chi connectivity index (χ4v) is 3.09. The van der Waals surface area contributed by atoms with Gasteiger partial charge in [0.15, 0.2) is 0 Å². The Morgan fingerprint density at radius 1 is 0.833 bits per heavy atom. The van der Waals surface area contributed by atoms with Gasteiger partial charge in [0, 0.05) is 11.8 Å². The summed E-state index contributed by atoms with van der Waals surface area (Å²) in [6, 6.07) is 24.8. The lowest BCUT2D eigenvalue weighted by Crippen LogP contribution is -2.14. The summed E-state index contributed by atoms with van der Waals surface area (Å²) in [5.41, 5.74) is 2.31. The maximum Gasteiger partial charge on any atom is 0.259 e. The second-order valence-electron chi connectivity index (χ2n) is 7.16. The van der Waals surface area contributed by atoms with E-state index in [1.54, 1.807) is 6.07 Å². The Balaban J connectivity index is 1.59. The van der Waals surface area contributed by atoms with Gasteiger partial charge < -0.3 is 14.8 Å². The number of nitrogens with one attached hydrogen (secondary N) is 1. The van der Waals surface area contributed by atoms with Crippen molar-refractivity contribution >= 4 is 11.6 Å². The number of rotatable bonds is 11. The molecular weight excluding hydrogens is 374 g/mol. The zero-order chi connectivity index (χ0) is 21.0. The Morgan fingerprint density at radius 3 is 2.47 bits per heavy atom. The lowest BCUT2D eigenvalue weighted by Gasteiger charge is -2.12. The van der Waals surface area contributed by atoms with E-state index in [2.05, 4.69) is 12.2 Å². The third kappa shape index (κ3) is 6.66. The lowest BCUT2D eigenvalue weighted by atomic mass is 10.1. The van der Waals surface area contributed by atoms with Gasteiger partial charge in [-0.2, -0.15) is 0 Å². The summed E-state index contributed by atoms with van der Waals surface area (Å²) in [4.78, 5) is 12.8. The molecule has 4 nitrogen and oxygen atoms in total. The smallest absolute Gasteiger partial charge is 0.259 e. The van der Waals surface area contributed by atoms with Crippen molar-refractivity contribution in [3.63, 3.8) is 0 Å². The van der Waals surface area contributed by atoms with E-state index in [-0.39, 0.29) is 5.91 Å². The van der Waals surface area contributed by atoms with E-state index < -0.39 is 0 Å². The number of hydrogen-bond acceptors (Lipinski definition) is 3. The molecule has 0 aliphatic heterocycles. The van der Waals surface area contributed by atoms with Gasteiger partial charge in [-0.05, 0) is 36.2 Å². The third-order valence-electron chi connectivity index (χ3n) is 4.73. The van der Waals surface area contributed by atoms with E-state index in [4.69, 9.17) is 9.47 Å². The third-order valence-corrected chi connectivity index (χ3v) is 4.73. The van der Waals surface area contributed by atoms with Gasteiger partial charge in [0.1, 0.15) is 18.1 Å². The molecular formula is C26H29NO3. The van der Waals surface area contributed by atoms with Gasteiger partial charge in [0.25, 0.3) is 5.91 Å². The molecule has 0 saturated carbocycles. The van der Waals surface area contributed by atoms with Crippen LogP contribution in [0, 0.1) is 0 Å². The largest absolute Gasteiger partial charge is 0.493 e. The highest BCUT2D eigenvalue weighted by Gasteiger charge is 2.12. The second-order valence-corrected chi connectivity index (χ2v) is 7.16. The maximum absolute atomic E-state index is 12.8. The van der Waals surface area contributed by atoms with Gasteiger partial charge in [-0.1, -0.05) is 74.7 Å². The van der Waals surface area contributed by atoms with E-state index >= 15 is 0 Å². The highest BCUT2D eigenvalue weighted by molar-refractivity contribution is 6.06. The van der Waals surface area contributed by atoms with Crippen LogP contribution in [-0.2, 0) is 6.61 Å². The number of carbonyl (C=O) groups is 1. The molecule has 0 saturated heterocycles. The van der Waals surface area contributed by atoms with Gasteiger partial charge in [0.2, 0.25) is 0 Å². The van der Waals surface area contributed by atoms with Crippen LogP contribution >= 0.6 is 0 Å². The van der Waals surface area contributed by atoms with Crippen LogP contribution in [0.15, 0.2) is 78.9 Å². The monoisotopic (exact) mass is 403 g/mol. The standard InChI is InChI=1S/C26H29NO3/c1-2-3-4-10-18-29-25-17-9-8-16-24(25)26(28)27-22-14-11-15-23(19-22)30-20-21-12-6-5-7-13-21/h5-9,11-17,19H,2-4,10,18,20H2,1H3,(H,27,28). The molecule has 0 spiro atoms. The zero-order valence-electron chi connectivity index (χ0n) is 17.5. The summed E-state index contributed by atoms with van der Waals surface area (Å²) in [6.45, 7) is 3.28. The topological polar surface area (TPSA) is 47.6 Å². The molecule has 0 unspecified atom stereocenters. The quantitative estimate of drug-likeness (QED) is 0.373. The van der Waals surface area contributed by atoms with Crippen LogP contribution in [0.1, 0.15) is 48.5 Å². The van der Waals surface area contributed by atoms with Gasteiger partial charge in [0.05, 0.1) is 12.2 Å². The molecule has 0 fully saturated rings. The normalized spacial score (nSPS) is 10.4. The number of hydrogen-bond donors (Lipinski definition) is 1. The van der Waals surface area contributed by atoms with Crippen molar-refractivity contribution in [3.8, 4) is 11.5 Å². The van der Waals surface area contributed by atoms with Crippen molar-refractivity contribution in [2.45, 2.75) is 39.2 Å². The zero-order valence-corrected chi connectivity index (χ0v) is 17.5. The van der Waals surface area contributed by atoms with E-state index in [1.807, 2.05) is 72.8 Å². The number of ether oxygens (including phenoxy) is 2. The number of anilines is 1. The van der Waals surface area contributed by atoms with Crippen LogP contribution in [0.25, 0.3) is 0 Å². The van der Waals surface area contributed by atoms with Crippen LogP contribution in [0.4, 0.5) is 5.69 Å². The first kappa shape index (κ1) is 21.4. The maximum atomic E-state index is 12.8. The molecule has 30 heavy (non-hydrogen) atoms. The average molecular weight is 404 g/mol. The first-order chi connectivity index (χ1) is 14.8. The molecule has 0 heterocycles. The highest BCUT2D eigenvalue weighted by Crippen LogP contribution is 2.23. The van der Waals surface area contributed by atoms with Crippen molar-refractivity contribution in [2.75, 3.05) is 11.9 Å². The Bertz CT molecular complexity index is 924. The van der Waals surface area contributed by atoms with Crippen molar-refractivity contribution in [1.29, 1.82) is 0 Å². The Labute approximate surface area is 178 Å². The number of unbranched alkanes of at least 4 members (excludes halogenated alkanes) is 3. The van der Waals surface area contributed by atoms with Gasteiger partial charge >= 0.3 is 0 Å². The Morgan fingerprint density at radius 2 is 1.63 bits per heavy atom. The fraction of sp³-hybridized carbons (Fsp3) is 0.269. The first-order valence-electron chi connectivity index (χ1n) is 10.6. The van der Waals surface area contributed by atoms with Crippen LogP contribution in [-0.4, -0.2) is 12.5 Å². The van der Waals surface area contributed by atoms with E-state index in [0.717, 1.165) is 18.4 Å². The van der Waals surface area contributed by atoms with Gasteiger partial charge in [-0.3, -0.25) is 4.79 Å². The van der Waals surface area contributed by atoms with Gasteiger partial charge in [-0.25, -0.2) is 0 Å². The van der Waals surface area contributed by atoms with Crippen molar-refractivity contribution in [3.05, 3.63) is 90.0 Å². The average Bonchev–Trinajstić information content (AvgIpc) is 2.79. The molecule has 0 radical (unpaired) electrons. The lowest BCUT2D eigenvalue weighted by molar-refractivity contribution is 0.102. The summed E-state index contributed by atoms with van der Waals surface area (Å²) < 4.78 is 11.7. The number of carbonyl (C=O) groups excluding carboxylic acids is 1. The summed E-state index contributed by atoms with van der Waals surface area (Å²) in [5.74, 6) is 1.12. The summed E-state index contributed by atoms with van der Waals surface area (Å²) >= 11 is 0. The second kappa shape index (κ2) is 11.7. The molecule has 3 aromatic rings. The number of amides is 1. The van der Waals surface area contributed by atoms with Gasteiger partial charge in [-0.15, -0.1) is 0 Å². The molecule has 3 rings (SSSR count). The predicted molar refractivity (Wildman–Crippen MR) is 121 cm³/mol. The number of para-hydroxylation sites is 1. The van der Waals surface area contributed by atoms with Crippen molar-refractivity contribution in [2.24, 2.45) is 0 Å². The van der Waals surface area contributed by atoms with Crippen LogP contribution in [0.3, 0.4) is 0 Å². The van der Waals surface area contributed by atoms with Crippen LogP contribution < -0.4 is 14.8 Å². The molecule has 1 N–H and O–H groups in total. The van der Waals surface area contributed by atoms with E-state index in [9.17, 15) is 4.79 Å². The molecule has 3 aromatic carbocycles. The molecule has 0 bridgehead atoms. The molecule has 156 valence electrons. The molecule has 0 atom stereocenters. The van der Waals surface area contributed by atoms with E-state index in [1.165, 1.54) is 12.8 Å². The highest BCUT2D eigenvalue weighted by atomic mass is 16.5. The van der Waals surface area contributed by atoms with Crippen molar-refractivity contribution < 1.29 is 14.3 Å². The minimum atomic E-state index is -0.195. The van der Waals surface area contributed by atoms with Crippen LogP contribution in [0.5, 0.6) is 11.5 Å². The molecule has 4 heteroatoms. The Kier molecular flexibility index (Phi) is 8.34. The molecule has 0 aliphatic rings. The number of benzene rings is 3. The fourth-order valence-electron chi connectivity index (χ4n) is 3.09. The minimum absolute atomic E-state index is 0.195.